The quantitative estimate of drug-likeness (QED) is 0.741. The highest BCUT2D eigenvalue weighted by molar-refractivity contribution is 5.82. The average Bonchev–Trinajstić information content (AvgIpc) is 3.23. The summed E-state index contributed by atoms with van der Waals surface area (Å²) < 4.78 is 5.61. The molecule has 0 aliphatic carbocycles. The Balaban J connectivity index is 1.65. The molecule has 3 aromatic rings. The molecule has 5 heteroatoms. The van der Waals surface area contributed by atoms with Gasteiger partial charge in [-0.2, -0.15) is 0 Å². The third-order valence-corrected chi connectivity index (χ3v) is 5.17. The summed E-state index contributed by atoms with van der Waals surface area (Å²) in [6.07, 6.45) is 1.22. The van der Waals surface area contributed by atoms with Crippen LogP contribution < -0.4 is 5.56 Å². The van der Waals surface area contributed by atoms with Crippen LogP contribution in [-0.4, -0.2) is 28.5 Å². The van der Waals surface area contributed by atoms with Crippen molar-refractivity contribution >= 4 is 16.8 Å². The van der Waals surface area contributed by atoms with Gasteiger partial charge in [-0.25, -0.2) is 0 Å². The predicted molar refractivity (Wildman–Crippen MR) is 109 cm³/mol. The molecule has 2 aromatic carbocycles. The number of rotatable bonds is 5. The van der Waals surface area contributed by atoms with Gasteiger partial charge in [-0.1, -0.05) is 42.5 Å². The van der Waals surface area contributed by atoms with Gasteiger partial charge in [-0.3, -0.25) is 9.59 Å². The van der Waals surface area contributed by atoms with Gasteiger partial charge in [0.2, 0.25) is 0 Å². The molecule has 1 amide bonds. The van der Waals surface area contributed by atoms with E-state index >= 15 is 0 Å². The Morgan fingerprint density at radius 2 is 1.96 bits per heavy atom. The SMILES string of the molecule is Cc1ccc2cc(CN(Cc3ccccc3)C(=O)C3CCCO3)c(=O)[nH]c2c1. The molecule has 144 valence electrons. The number of pyridine rings is 1. The minimum absolute atomic E-state index is 0.0512. The normalized spacial score (nSPS) is 16.4. The number of hydrogen-bond acceptors (Lipinski definition) is 3. The highest BCUT2D eigenvalue weighted by Gasteiger charge is 2.29. The number of ether oxygens (including phenoxy) is 1. The maximum absolute atomic E-state index is 13.1. The van der Waals surface area contributed by atoms with Gasteiger partial charge in [0.1, 0.15) is 6.10 Å². The van der Waals surface area contributed by atoms with Gasteiger partial charge in [-0.05, 0) is 48.4 Å². The van der Waals surface area contributed by atoms with Crippen LogP contribution in [0, 0.1) is 6.92 Å². The van der Waals surface area contributed by atoms with Gasteiger partial charge in [0.15, 0.2) is 0 Å². The van der Waals surface area contributed by atoms with E-state index in [0.29, 0.717) is 18.7 Å². The number of nitrogens with one attached hydrogen (secondary N) is 1. The Labute approximate surface area is 163 Å². The lowest BCUT2D eigenvalue weighted by Crippen LogP contribution is -2.39. The van der Waals surface area contributed by atoms with E-state index in [9.17, 15) is 9.59 Å². The topological polar surface area (TPSA) is 62.4 Å². The lowest BCUT2D eigenvalue weighted by atomic mass is 10.1. The molecule has 1 aliphatic rings. The lowest BCUT2D eigenvalue weighted by Gasteiger charge is -2.25. The molecule has 5 nitrogen and oxygen atoms in total. The minimum Gasteiger partial charge on any atom is -0.368 e. The van der Waals surface area contributed by atoms with Gasteiger partial charge >= 0.3 is 0 Å². The number of nitrogens with zero attached hydrogens (tertiary/aromatic N) is 1. The van der Waals surface area contributed by atoms with Crippen LogP contribution in [0.1, 0.15) is 29.5 Å². The molecule has 1 unspecified atom stereocenters. The van der Waals surface area contributed by atoms with E-state index in [1.807, 2.05) is 61.5 Å². The number of carbonyl (C=O) groups excluding carboxylic acids is 1. The Bertz CT molecular complexity index is 1040. The fourth-order valence-electron chi connectivity index (χ4n) is 3.67. The maximum atomic E-state index is 13.1. The van der Waals surface area contributed by atoms with E-state index in [-0.39, 0.29) is 18.0 Å². The summed E-state index contributed by atoms with van der Waals surface area (Å²) in [5, 5.41) is 0.962. The van der Waals surface area contributed by atoms with Crippen molar-refractivity contribution in [2.45, 2.75) is 39.0 Å². The summed E-state index contributed by atoms with van der Waals surface area (Å²) in [5.74, 6) is -0.0512. The molecule has 1 aromatic heterocycles. The Morgan fingerprint density at radius 1 is 1.14 bits per heavy atom. The smallest absolute Gasteiger partial charge is 0.253 e. The zero-order chi connectivity index (χ0) is 19.5. The first-order valence-corrected chi connectivity index (χ1v) is 9.67. The van der Waals surface area contributed by atoms with Gasteiger partial charge in [-0.15, -0.1) is 0 Å². The molecular formula is C23H24N2O3. The average molecular weight is 376 g/mol. The summed E-state index contributed by atoms with van der Waals surface area (Å²) >= 11 is 0. The molecule has 2 heterocycles. The second-order valence-electron chi connectivity index (χ2n) is 7.40. The molecule has 1 atom stereocenters. The summed E-state index contributed by atoms with van der Waals surface area (Å²) in [7, 11) is 0. The number of fused-ring (bicyclic) bond motifs is 1. The van der Waals surface area contributed by atoms with Crippen molar-refractivity contribution in [3.63, 3.8) is 0 Å². The molecule has 1 N–H and O–H groups in total. The fraction of sp³-hybridized carbons (Fsp3) is 0.304. The summed E-state index contributed by atoms with van der Waals surface area (Å²) in [5.41, 5.74) is 3.36. The zero-order valence-electron chi connectivity index (χ0n) is 16.0. The summed E-state index contributed by atoms with van der Waals surface area (Å²) in [6.45, 7) is 3.32. The second-order valence-corrected chi connectivity index (χ2v) is 7.40. The fourth-order valence-corrected chi connectivity index (χ4v) is 3.67. The number of benzene rings is 2. The molecule has 4 rings (SSSR count). The van der Waals surface area contributed by atoms with Crippen molar-refractivity contribution in [2.75, 3.05) is 6.61 Å². The minimum atomic E-state index is -0.411. The number of hydrogen-bond donors (Lipinski definition) is 1. The number of aromatic amines is 1. The third kappa shape index (κ3) is 3.99. The van der Waals surface area contributed by atoms with E-state index in [1.54, 1.807) is 4.90 Å². The standard InChI is InChI=1S/C23H24N2O3/c1-16-9-10-18-13-19(22(26)24-20(18)12-16)15-25(14-17-6-3-2-4-7-17)23(27)21-8-5-11-28-21/h2-4,6-7,9-10,12-13,21H,5,8,11,14-15H2,1H3,(H,24,26). The van der Waals surface area contributed by atoms with E-state index in [4.69, 9.17) is 4.74 Å². The summed E-state index contributed by atoms with van der Waals surface area (Å²) in [6, 6.07) is 17.7. The van der Waals surface area contributed by atoms with Crippen molar-refractivity contribution < 1.29 is 9.53 Å². The van der Waals surface area contributed by atoms with E-state index in [1.165, 1.54) is 0 Å². The zero-order valence-corrected chi connectivity index (χ0v) is 16.0. The molecule has 1 fully saturated rings. The van der Waals surface area contributed by atoms with Gasteiger partial charge in [0, 0.05) is 24.2 Å². The Morgan fingerprint density at radius 3 is 2.71 bits per heavy atom. The number of H-pyrrole nitrogens is 1. The Kier molecular flexibility index (Phi) is 5.26. The van der Waals surface area contributed by atoms with Crippen molar-refractivity contribution in [3.05, 3.63) is 81.6 Å². The van der Waals surface area contributed by atoms with Crippen LogP contribution in [0.4, 0.5) is 0 Å². The van der Waals surface area contributed by atoms with Crippen molar-refractivity contribution in [2.24, 2.45) is 0 Å². The van der Waals surface area contributed by atoms with Crippen molar-refractivity contribution in [3.8, 4) is 0 Å². The van der Waals surface area contributed by atoms with E-state index in [0.717, 1.165) is 34.9 Å². The largest absolute Gasteiger partial charge is 0.368 e. The van der Waals surface area contributed by atoms with Gasteiger partial charge < -0.3 is 14.6 Å². The molecule has 1 saturated heterocycles. The van der Waals surface area contributed by atoms with Gasteiger partial charge in [0.25, 0.3) is 11.5 Å². The van der Waals surface area contributed by atoms with Crippen LogP contribution >= 0.6 is 0 Å². The molecule has 0 bridgehead atoms. The maximum Gasteiger partial charge on any atom is 0.253 e. The van der Waals surface area contributed by atoms with E-state index in [2.05, 4.69) is 4.98 Å². The highest BCUT2D eigenvalue weighted by Crippen LogP contribution is 2.19. The molecule has 0 spiro atoms. The predicted octanol–water partition coefficient (Wildman–Crippen LogP) is 3.54. The van der Waals surface area contributed by atoms with Crippen LogP contribution in [0.3, 0.4) is 0 Å². The van der Waals surface area contributed by atoms with Crippen LogP contribution in [-0.2, 0) is 22.6 Å². The monoisotopic (exact) mass is 376 g/mol. The van der Waals surface area contributed by atoms with Crippen molar-refractivity contribution in [1.29, 1.82) is 0 Å². The number of carbonyl (C=O) groups is 1. The number of amides is 1. The van der Waals surface area contributed by atoms with Crippen LogP contribution in [0.2, 0.25) is 0 Å². The van der Waals surface area contributed by atoms with Gasteiger partial charge in [0.05, 0.1) is 6.54 Å². The van der Waals surface area contributed by atoms with Crippen LogP contribution in [0.25, 0.3) is 10.9 Å². The first-order valence-electron chi connectivity index (χ1n) is 9.67. The van der Waals surface area contributed by atoms with Crippen LogP contribution in [0.5, 0.6) is 0 Å². The molecule has 1 aliphatic heterocycles. The molecule has 28 heavy (non-hydrogen) atoms. The lowest BCUT2D eigenvalue weighted by molar-refractivity contribution is -0.142. The molecule has 0 radical (unpaired) electrons. The molecule has 0 saturated carbocycles. The molecular weight excluding hydrogens is 352 g/mol. The third-order valence-electron chi connectivity index (χ3n) is 5.17. The number of aryl methyl sites for hydroxylation is 1. The van der Waals surface area contributed by atoms with E-state index < -0.39 is 6.10 Å². The first-order chi connectivity index (χ1) is 13.6. The summed E-state index contributed by atoms with van der Waals surface area (Å²) in [4.78, 5) is 30.4. The highest BCUT2D eigenvalue weighted by atomic mass is 16.5. The number of aromatic nitrogens is 1. The Hall–Kier alpha value is -2.92. The first kappa shape index (κ1) is 18.4. The van der Waals surface area contributed by atoms with Crippen molar-refractivity contribution in [1.82, 2.24) is 9.88 Å². The van der Waals surface area contributed by atoms with Crippen LogP contribution in [0.15, 0.2) is 59.4 Å². The second kappa shape index (κ2) is 7.98.